The van der Waals surface area contributed by atoms with Crippen LogP contribution < -0.4 is 5.32 Å². The number of hydrogen-bond acceptors (Lipinski definition) is 7. The summed E-state index contributed by atoms with van der Waals surface area (Å²) in [6, 6.07) is 1.91. The highest BCUT2D eigenvalue weighted by atomic mass is 32.2. The Kier molecular flexibility index (Phi) is 4.66. The molecule has 1 saturated heterocycles. The van der Waals surface area contributed by atoms with E-state index in [0.717, 1.165) is 29.9 Å². The van der Waals surface area contributed by atoms with Crippen LogP contribution in [0.1, 0.15) is 31.4 Å². The van der Waals surface area contributed by atoms with E-state index >= 15 is 0 Å². The molecule has 0 radical (unpaired) electrons. The maximum atomic E-state index is 13.0. The van der Waals surface area contributed by atoms with Crippen LogP contribution in [0.2, 0.25) is 0 Å². The Morgan fingerprint density at radius 3 is 2.93 bits per heavy atom. The van der Waals surface area contributed by atoms with Crippen molar-refractivity contribution in [1.82, 2.24) is 23.7 Å². The van der Waals surface area contributed by atoms with Crippen LogP contribution in [0.25, 0.3) is 5.78 Å². The van der Waals surface area contributed by atoms with E-state index in [0.29, 0.717) is 18.9 Å². The molecule has 0 spiro atoms. The van der Waals surface area contributed by atoms with Gasteiger partial charge in [0.1, 0.15) is 0 Å². The van der Waals surface area contributed by atoms with Crippen LogP contribution in [0.15, 0.2) is 35.1 Å². The maximum absolute atomic E-state index is 13.0. The fourth-order valence-corrected chi connectivity index (χ4v) is 6.06. The summed E-state index contributed by atoms with van der Waals surface area (Å²) in [7, 11) is -3.66. The molecule has 1 fully saturated rings. The molecule has 0 aliphatic carbocycles. The second-order valence-corrected chi connectivity index (χ2v) is 9.53. The molecule has 11 heteroatoms. The molecule has 1 atom stereocenters. The van der Waals surface area contributed by atoms with Gasteiger partial charge in [-0.3, -0.25) is 9.20 Å². The average Bonchev–Trinajstić information content (AvgIpc) is 3.30. The Bertz CT molecular complexity index is 1090. The summed E-state index contributed by atoms with van der Waals surface area (Å²) in [6.45, 7) is 2.20. The standard InChI is InChI=1S/C16H18N6O3S2/c1-11(23)20-16-19-9-14(26-16)27(24,25)21-7-2-3-12(10-21)13-4-5-17-15-18-6-8-22(13)15/h4-6,8-9,12H,2-3,7,10H2,1H3,(H,19,20,23). The van der Waals surface area contributed by atoms with E-state index in [1.54, 1.807) is 12.4 Å². The number of rotatable bonds is 4. The normalized spacial score (nSPS) is 18.6. The van der Waals surface area contributed by atoms with Crippen LogP contribution in [-0.2, 0) is 14.8 Å². The van der Waals surface area contributed by atoms with E-state index in [2.05, 4.69) is 20.3 Å². The zero-order valence-electron chi connectivity index (χ0n) is 14.6. The van der Waals surface area contributed by atoms with E-state index in [4.69, 9.17) is 0 Å². The number of aromatic nitrogens is 4. The first kappa shape index (κ1) is 18.0. The third-order valence-corrected chi connectivity index (χ3v) is 7.71. The van der Waals surface area contributed by atoms with Crippen molar-refractivity contribution in [3.05, 3.63) is 36.5 Å². The van der Waals surface area contributed by atoms with Gasteiger partial charge in [-0.05, 0) is 18.9 Å². The van der Waals surface area contributed by atoms with E-state index in [1.165, 1.54) is 17.4 Å². The predicted molar refractivity (Wildman–Crippen MR) is 100 cm³/mol. The van der Waals surface area contributed by atoms with Crippen molar-refractivity contribution in [3.8, 4) is 0 Å². The first-order valence-electron chi connectivity index (χ1n) is 8.46. The smallest absolute Gasteiger partial charge is 0.254 e. The lowest BCUT2D eigenvalue weighted by molar-refractivity contribution is -0.114. The molecule has 1 unspecified atom stereocenters. The number of nitrogens with zero attached hydrogens (tertiary/aromatic N) is 5. The Labute approximate surface area is 160 Å². The Morgan fingerprint density at radius 2 is 2.11 bits per heavy atom. The number of piperidine rings is 1. The zero-order chi connectivity index (χ0) is 19.0. The minimum absolute atomic E-state index is 0.0518. The number of carbonyl (C=O) groups is 1. The Balaban J connectivity index is 1.59. The van der Waals surface area contributed by atoms with Gasteiger partial charge in [-0.25, -0.2) is 23.4 Å². The SMILES string of the molecule is CC(=O)Nc1ncc(S(=O)(=O)N2CCCC(c3ccnc4nccn34)C2)s1. The molecule has 0 bridgehead atoms. The number of sulfonamides is 1. The molecule has 4 heterocycles. The van der Waals surface area contributed by atoms with Gasteiger partial charge < -0.3 is 5.32 Å². The zero-order valence-corrected chi connectivity index (χ0v) is 16.2. The highest BCUT2D eigenvalue weighted by molar-refractivity contribution is 7.91. The first-order chi connectivity index (χ1) is 12.9. The van der Waals surface area contributed by atoms with E-state index < -0.39 is 10.0 Å². The van der Waals surface area contributed by atoms with Crippen molar-refractivity contribution in [3.63, 3.8) is 0 Å². The molecule has 27 heavy (non-hydrogen) atoms. The molecule has 142 valence electrons. The maximum Gasteiger partial charge on any atom is 0.254 e. The van der Waals surface area contributed by atoms with Crippen LogP contribution in [0, 0.1) is 0 Å². The lowest BCUT2D eigenvalue weighted by Crippen LogP contribution is -2.39. The molecule has 3 aromatic rings. The number of fused-ring (bicyclic) bond motifs is 1. The summed E-state index contributed by atoms with van der Waals surface area (Å²) in [5.74, 6) is 0.374. The Morgan fingerprint density at radius 1 is 1.30 bits per heavy atom. The second kappa shape index (κ2) is 6.98. The average molecular weight is 406 g/mol. The summed E-state index contributed by atoms with van der Waals surface area (Å²) >= 11 is 0.965. The number of amides is 1. The number of thiazole rings is 1. The van der Waals surface area contributed by atoms with Crippen molar-refractivity contribution in [1.29, 1.82) is 0 Å². The number of nitrogens with one attached hydrogen (secondary N) is 1. The van der Waals surface area contributed by atoms with Crippen molar-refractivity contribution in [2.75, 3.05) is 18.4 Å². The van der Waals surface area contributed by atoms with E-state index in [1.807, 2.05) is 16.7 Å². The van der Waals surface area contributed by atoms with Gasteiger partial charge in [0, 0.05) is 50.2 Å². The van der Waals surface area contributed by atoms with Gasteiger partial charge in [0.15, 0.2) is 9.34 Å². The summed E-state index contributed by atoms with van der Waals surface area (Å²) in [5, 5.41) is 2.80. The lowest BCUT2D eigenvalue weighted by atomic mass is 9.96. The lowest BCUT2D eigenvalue weighted by Gasteiger charge is -2.31. The number of anilines is 1. The van der Waals surface area contributed by atoms with Gasteiger partial charge in [-0.15, -0.1) is 0 Å². The van der Waals surface area contributed by atoms with Crippen molar-refractivity contribution >= 4 is 38.2 Å². The minimum Gasteiger partial charge on any atom is -0.302 e. The van der Waals surface area contributed by atoms with Crippen molar-refractivity contribution in [2.24, 2.45) is 0 Å². The molecule has 1 aliphatic rings. The van der Waals surface area contributed by atoms with Crippen LogP contribution in [0.3, 0.4) is 0 Å². The van der Waals surface area contributed by atoms with Crippen molar-refractivity contribution < 1.29 is 13.2 Å². The molecule has 1 aliphatic heterocycles. The Hall–Kier alpha value is -2.37. The topological polar surface area (TPSA) is 110 Å². The van der Waals surface area contributed by atoms with E-state index in [9.17, 15) is 13.2 Å². The molecular weight excluding hydrogens is 388 g/mol. The van der Waals surface area contributed by atoms with Gasteiger partial charge in [-0.2, -0.15) is 4.31 Å². The summed E-state index contributed by atoms with van der Waals surface area (Å²) in [4.78, 5) is 23.5. The fraction of sp³-hybridized carbons (Fsp3) is 0.375. The minimum atomic E-state index is -3.66. The van der Waals surface area contributed by atoms with Crippen LogP contribution in [0.4, 0.5) is 5.13 Å². The van der Waals surface area contributed by atoms with Gasteiger partial charge in [0.2, 0.25) is 11.7 Å². The number of imidazole rings is 1. The monoisotopic (exact) mass is 406 g/mol. The second-order valence-electron chi connectivity index (χ2n) is 6.33. The van der Waals surface area contributed by atoms with Gasteiger partial charge in [0.05, 0.1) is 6.20 Å². The predicted octanol–water partition coefficient (Wildman–Crippen LogP) is 1.71. The van der Waals surface area contributed by atoms with Crippen molar-refractivity contribution in [2.45, 2.75) is 29.9 Å². The molecule has 0 aromatic carbocycles. The quantitative estimate of drug-likeness (QED) is 0.706. The van der Waals surface area contributed by atoms with Crippen LogP contribution in [0.5, 0.6) is 0 Å². The summed E-state index contributed by atoms with van der Waals surface area (Å²) in [5.41, 5.74) is 1.00. The first-order valence-corrected chi connectivity index (χ1v) is 10.7. The molecule has 4 rings (SSSR count). The molecule has 0 saturated carbocycles. The molecular formula is C16H18N6O3S2. The summed E-state index contributed by atoms with van der Waals surface area (Å²) < 4.78 is 29.6. The number of carbonyl (C=O) groups excluding carboxylic acids is 1. The molecule has 1 N–H and O–H groups in total. The molecule has 3 aromatic heterocycles. The van der Waals surface area contributed by atoms with Crippen LogP contribution >= 0.6 is 11.3 Å². The largest absolute Gasteiger partial charge is 0.302 e. The number of hydrogen-bond donors (Lipinski definition) is 1. The van der Waals surface area contributed by atoms with Gasteiger partial charge >= 0.3 is 0 Å². The molecule has 1 amide bonds. The molecule has 9 nitrogen and oxygen atoms in total. The van der Waals surface area contributed by atoms with Crippen LogP contribution in [-0.4, -0.2) is 51.1 Å². The van der Waals surface area contributed by atoms with Gasteiger partial charge in [-0.1, -0.05) is 11.3 Å². The third-order valence-electron chi connectivity index (χ3n) is 4.50. The highest BCUT2D eigenvalue weighted by Gasteiger charge is 2.33. The van der Waals surface area contributed by atoms with Gasteiger partial charge in [0.25, 0.3) is 10.0 Å². The highest BCUT2D eigenvalue weighted by Crippen LogP contribution is 2.32. The summed E-state index contributed by atoms with van der Waals surface area (Å²) in [6.07, 6.45) is 8.18. The van der Waals surface area contributed by atoms with E-state index in [-0.39, 0.29) is 21.2 Å². The third kappa shape index (κ3) is 3.45. The fourth-order valence-electron chi connectivity index (χ4n) is 3.30.